The first-order valence-corrected chi connectivity index (χ1v) is 9.34. The molecular formula is C20H28N4O2. The van der Waals surface area contributed by atoms with Crippen LogP contribution in [0.5, 0.6) is 5.75 Å². The molecule has 6 nitrogen and oxygen atoms in total. The zero-order valence-electron chi connectivity index (χ0n) is 15.6. The van der Waals surface area contributed by atoms with Crippen LogP contribution in [0.2, 0.25) is 0 Å². The van der Waals surface area contributed by atoms with E-state index in [1.54, 1.807) is 24.4 Å². The van der Waals surface area contributed by atoms with Gasteiger partial charge < -0.3 is 15.7 Å². The third kappa shape index (κ3) is 5.72. The van der Waals surface area contributed by atoms with E-state index in [0.717, 1.165) is 38.6 Å². The monoisotopic (exact) mass is 356 g/mol. The zero-order chi connectivity index (χ0) is 18.8. The minimum atomic E-state index is -0.157. The van der Waals surface area contributed by atoms with Crippen LogP contribution in [0.15, 0.2) is 30.5 Å². The Hall–Kier alpha value is -2.63. The second kappa shape index (κ2) is 10.4. The summed E-state index contributed by atoms with van der Waals surface area (Å²) < 4.78 is 0. The molecule has 1 aromatic heterocycles. The van der Waals surface area contributed by atoms with Crippen LogP contribution in [0.1, 0.15) is 56.3 Å². The predicted molar refractivity (Wildman–Crippen MR) is 104 cm³/mol. The molecule has 1 amide bonds. The van der Waals surface area contributed by atoms with Crippen molar-refractivity contribution in [3.63, 3.8) is 0 Å². The molecule has 1 heterocycles. The number of nitrogens with one attached hydrogen (secondary N) is 2. The smallest absolute Gasteiger partial charge is 0.251 e. The SMILES string of the molecule is CCCCCNC(=O)c1ccc(O)cc1-c1ccnc(NCCCC)n1. The molecule has 1 aromatic carbocycles. The number of phenols is 1. The highest BCUT2D eigenvalue weighted by Gasteiger charge is 2.15. The summed E-state index contributed by atoms with van der Waals surface area (Å²) in [6, 6.07) is 6.46. The molecular weight excluding hydrogens is 328 g/mol. The zero-order valence-corrected chi connectivity index (χ0v) is 15.6. The van der Waals surface area contributed by atoms with Gasteiger partial charge >= 0.3 is 0 Å². The second-order valence-electron chi connectivity index (χ2n) is 6.24. The number of amides is 1. The summed E-state index contributed by atoms with van der Waals surface area (Å²) in [6.45, 7) is 5.68. The van der Waals surface area contributed by atoms with E-state index in [4.69, 9.17) is 0 Å². The number of aromatic nitrogens is 2. The van der Waals surface area contributed by atoms with E-state index in [0.29, 0.717) is 29.3 Å². The fraction of sp³-hybridized carbons (Fsp3) is 0.450. The van der Waals surface area contributed by atoms with Gasteiger partial charge in [0, 0.05) is 30.4 Å². The Morgan fingerprint density at radius 3 is 2.65 bits per heavy atom. The summed E-state index contributed by atoms with van der Waals surface area (Å²) in [4.78, 5) is 21.3. The van der Waals surface area contributed by atoms with Gasteiger partial charge in [-0.25, -0.2) is 9.97 Å². The Balaban J connectivity index is 2.21. The maximum atomic E-state index is 12.6. The van der Waals surface area contributed by atoms with Crippen LogP contribution in [-0.4, -0.2) is 34.1 Å². The van der Waals surface area contributed by atoms with E-state index in [1.807, 2.05) is 0 Å². The van der Waals surface area contributed by atoms with Crippen LogP contribution in [0, 0.1) is 0 Å². The lowest BCUT2D eigenvalue weighted by Crippen LogP contribution is -2.25. The van der Waals surface area contributed by atoms with E-state index < -0.39 is 0 Å². The topological polar surface area (TPSA) is 87.1 Å². The molecule has 0 unspecified atom stereocenters. The number of aromatic hydroxyl groups is 1. The molecule has 3 N–H and O–H groups in total. The third-order valence-electron chi connectivity index (χ3n) is 4.06. The molecule has 0 fully saturated rings. The summed E-state index contributed by atoms with van der Waals surface area (Å²) in [7, 11) is 0. The molecule has 6 heteroatoms. The van der Waals surface area contributed by atoms with Crippen molar-refractivity contribution >= 4 is 11.9 Å². The van der Waals surface area contributed by atoms with Crippen molar-refractivity contribution in [2.45, 2.75) is 46.0 Å². The van der Waals surface area contributed by atoms with Crippen LogP contribution in [0.4, 0.5) is 5.95 Å². The number of hydrogen-bond donors (Lipinski definition) is 3. The predicted octanol–water partition coefficient (Wildman–Crippen LogP) is 3.98. The minimum Gasteiger partial charge on any atom is -0.508 e. The van der Waals surface area contributed by atoms with Crippen LogP contribution >= 0.6 is 0 Å². The standard InChI is InChI=1S/C20H28N4O2/c1-3-5-7-12-21-19(26)16-9-8-15(25)14-17(16)18-10-13-23-20(24-18)22-11-6-4-2/h8-10,13-14,25H,3-7,11-12H2,1-2H3,(H,21,26)(H,22,23,24). The number of phenolic OH excluding ortho intramolecular Hbond substituents is 1. The highest BCUT2D eigenvalue weighted by Crippen LogP contribution is 2.26. The molecule has 2 aromatic rings. The number of nitrogens with zero attached hydrogens (tertiary/aromatic N) is 2. The summed E-state index contributed by atoms with van der Waals surface area (Å²) in [6.07, 6.45) is 6.92. The highest BCUT2D eigenvalue weighted by atomic mass is 16.3. The average Bonchev–Trinajstić information content (AvgIpc) is 2.65. The van der Waals surface area contributed by atoms with E-state index in [1.165, 1.54) is 6.07 Å². The van der Waals surface area contributed by atoms with Crippen molar-refractivity contribution < 1.29 is 9.90 Å². The fourth-order valence-electron chi connectivity index (χ4n) is 2.59. The van der Waals surface area contributed by atoms with Gasteiger partial charge in [0.15, 0.2) is 0 Å². The molecule has 2 rings (SSSR count). The first kappa shape index (κ1) is 19.7. The van der Waals surface area contributed by atoms with Gasteiger partial charge in [0.05, 0.1) is 5.69 Å². The summed E-state index contributed by atoms with van der Waals surface area (Å²) in [5.74, 6) is 0.463. The number of rotatable bonds is 10. The molecule has 0 bridgehead atoms. The van der Waals surface area contributed by atoms with Gasteiger partial charge in [-0.1, -0.05) is 33.1 Å². The minimum absolute atomic E-state index is 0.0987. The maximum absolute atomic E-state index is 12.6. The summed E-state index contributed by atoms with van der Waals surface area (Å²) >= 11 is 0. The van der Waals surface area contributed by atoms with Crippen molar-refractivity contribution in [1.82, 2.24) is 15.3 Å². The Morgan fingerprint density at radius 2 is 1.88 bits per heavy atom. The van der Waals surface area contributed by atoms with Gasteiger partial charge in [0.1, 0.15) is 5.75 Å². The Labute approximate surface area is 155 Å². The highest BCUT2D eigenvalue weighted by molar-refractivity contribution is 6.00. The lowest BCUT2D eigenvalue weighted by Gasteiger charge is -2.11. The Kier molecular flexibility index (Phi) is 7.86. The van der Waals surface area contributed by atoms with Gasteiger partial charge in [0.25, 0.3) is 5.91 Å². The van der Waals surface area contributed by atoms with Crippen molar-refractivity contribution in [3.05, 3.63) is 36.0 Å². The van der Waals surface area contributed by atoms with Crippen LogP contribution in [-0.2, 0) is 0 Å². The summed E-state index contributed by atoms with van der Waals surface area (Å²) in [5.41, 5.74) is 1.70. The van der Waals surface area contributed by atoms with Crippen molar-refractivity contribution in [1.29, 1.82) is 0 Å². The third-order valence-corrected chi connectivity index (χ3v) is 4.06. The second-order valence-corrected chi connectivity index (χ2v) is 6.24. The largest absolute Gasteiger partial charge is 0.508 e. The van der Waals surface area contributed by atoms with E-state index in [2.05, 4.69) is 34.4 Å². The molecule has 0 saturated heterocycles. The van der Waals surface area contributed by atoms with Gasteiger partial charge in [-0.3, -0.25) is 4.79 Å². The molecule has 26 heavy (non-hydrogen) atoms. The molecule has 0 aliphatic carbocycles. The molecule has 0 saturated carbocycles. The number of carbonyl (C=O) groups is 1. The number of unbranched alkanes of at least 4 members (excludes halogenated alkanes) is 3. The van der Waals surface area contributed by atoms with Crippen LogP contribution < -0.4 is 10.6 Å². The van der Waals surface area contributed by atoms with E-state index >= 15 is 0 Å². The average molecular weight is 356 g/mol. The first-order valence-electron chi connectivity index (χ1n) is 9.34. The number of anilines is 1. The normalized spacial score (nSPS) is 10.5. The number of carbonyl (C=O) groups excluding carboxylic acids is 1. The molecule has 0 radical (unpaired) electrons. The van der Waals surface area contributed by atoms with Crippen LogP contribution in [0.25, 0.3) is 11.3 Å². The van der Waals surface area contributed by atoms with E-state index in [-0.39, 0.29) is 11.7 Å². The van der Waals surface area contributed by atoms with E-state index in [9.17, 15) is 9.90 Å². The molecule has 0 aliphatic heterocycles. The van der Waals surface area contributed by atoms with Gasteiger partial charge in [0.2, 0.25) is 5.95 Å². The molecule has 140 valence electrons. The van der Waals surface area contributed by atoms with Crippen molar-refractivity contribution in [2.75, 3.05) is 18.4 Å². The van der Waals surface area contributed by atoms with Crippen molar-refractivity contribution in [2.24, 2.45) is 0 Å². The van der Waals surface area contributed by atoms with Crippen LogP contribution in [0.3, 0.4) is 0 Å². The summed E-state index contributed by atoms with van der Waals surface area (Å²) in [5, 5.41) is 16.0. The lowest BCUT2D eigenvalue weighted by atomic mass is 10.0. The number of benzene rings is 1. The Bertz CT molecular complexity index is 719. The van der Waals surface area contributed by atoms with Gasteiger partial charge in [-0.15, -0.1) is 0 Å². The van der Waals surface area contributed by atoms with Gasteiger partial charge in [-0.05, 0) is 37.1 Å². The Morgan fingerprint density at radius 1 is 1.08 bits per heavy atom. The molecule has 0 atom stereocenters. The quantitative estimate of drug-likeness (QED) is 0.561. The fourth-order valence-corrected chi connectivity index (χ4v) is 2.59. The maximum Gasteiger partial charge on any atom is 0.251 e. The lowest BCUT2D eigenvalue weighted by molar-refractivity contribution is 0.0953. The van der Waals surface area contributed by atoms with Gasteiger partial charge in [-0.2, -0.15) is 0 Å². The van der Waals surface area contributed by atoms with Crippen molar-refractivity contribution in [3.8, 4) is 17.0 Å². The molecule has 0 spiro atoms. The first-order chi connectivity index (χ1) is 12.7. The number of hydrogen-bond acceptors (Lipinski definition) is 5. The molecule has 0 aliphatic rings.